The van der Waals surface area contributed by atoms with Gasteiger partial charge in [-0.1, -0.05) is 6.42 Å². The second-order valence-electron chi connectivity index (χ2n) is 5.67. The van der Waals surface area contributed by atoms with Crippen LogP contribution in [0.2, 0.25) is 0 Å². The molecule has 1 amide bonds. The molecule has 1 aliphatic heterocycles. The van der Waals surface area contributed by atoms with Gasteiger partial charge in [0.2, 0.25) is 5.91 Å². The molecule has 2 aliphatic carbocycles. The number of likely N-dealkylation sites (tertiary alicyclic amines) is 1. The summed E-state index contributed by atoms with van der Waals surface area (Å²) in [5, 5.41) is 9.17. The Morgan fingerprint density at radius 2 is 1.71 bits per heavy atom. The first-order valence-electron chi connectivity index (χ1n) is 6.73. The van der Waals surface area contributed by atoms with Crippen molar-refractivity contribution in [3.05, 3.63) is 0 Å². The molecule has 3 fully saturated rings. The zero-order chi connectivity index (χ0) is 12.0. The minimum atomic E-state index is -0.830. The first-order valence-corrected chi connectivity index (χ1v) is 6.73. The van der Waals surface area contributed by atoms with Crippen molar-refractivity contribution in [3.8, 4) is 0 Å². The number of carbonyl (C=O) groups is 2. The Labute approximate surface area is 101 Å². The van der Waals surface area contributed by atoms with E-state index in [1.807, 2.05) is 0 Å². The summed E-state index contributed by atoms with van der Waals surface area (Å²) in [7, 11) is 0. The van der Waals surface area contributed by atoms with E-state index in [-0.39, 0.29) is 11.8 Å². The third-order valence-corrected chi connectivity index (χ3v) is 4.76. The molecule has 4 atom stereocenters. The van der Waals surface area contributed by atoms with Crippen LogP contribution in [-0.4, -0.2) is 34.5 Å². The van der Waals surface area contributed by atoms with Gasteiger partial charge in [0.1, 0.15) is 6.04 Å². The highest BCUT2D eigenvalue weighted by Crippen LogP contribution is 2.58. The summed E-state index contributed by atoms with van der Waals surface area (Å²) in [5.74, 6) is 0.636. The van der Waals surface area contributed by atoms with Crippen LogP contribution in [-0.2, 0) is 9.59 Å². The highest BCUT2D eigenvalue weighted by Gasteiger charge is 2.58. The zero-order valence-electron chi connectivity index (χ0n) is 9.97. The Hall–Kier alpha value is -1.06. The predicted molar refractivity (Wildman–Crippen MR) is 61.3 cm³/mol. The zero-order valence-corrected chi connectivity index (χ0v) is 9.97. The van der Waals surface area contributed by atoms with E-state index >= 15 is 0 Å². The van der Waals surface area contributed by atoms with Gasteiger partial charge in [-0.15, -0.1) is 0 Å². The van der Waals surface area contributed by atoms with Gasteiger partial charge in [-0.2, -0.15) is 0 Å². The highest BCUT2D eigenvalue weighted by molar-refractivity contribution is 5.87. The third kappa shape index (κ3) is 1.74. The summed E-state index contributed by atoms with van der Waals surface area (Å²) in [6.45, 7) is 0.645. The second kappa shape index (κ2) is 4.00. The molecule has 0 radical (unpaired) electrons. The first kappa shape index (κ1) is 11.1. The van der Waals surface area contributed by atoms with Gasteiger partial charge < -0.3 is 10.0 Å². The van der Waals surface area contributed by atoms with Gasteiger partial charge in [0, 0.05) is 12.5 Å². The molecule has 1 heterocycles. The van der Waals surface area contributed by atoms with Crippen LogP contribution in [0.1, 0.15) is 38.5 Å². The minimum absolute atomic E-state index is 0.131. The molecule has 1 N–H and O–H groups in total. The quantitative estimate of drug-likeness (QED) is 0.791. The fourth-order valence-electron chi connectivity index (χ4n) is 3.83. The molecular weight excluding hydrogens is 218 g/mol. The summed E-state index contributed by atoms with van der Waals surface area (Å²) in [6, 6.07) is -0.558. The smallest absolute Gasteiger partial charge is 0.326 e. The summed E-state index contributed by atoms with van der Waals surface area (Å²) < 4.78 is 0. The van der Waals surface area contributed by atoms with E-state index in [4.69, 9.17) is 5.11 Å². The summed E-state index contributed by atoms with van der Waals surface area (Å²) in [4.78, 5) is 25.2. The van der Waals surface area contributed by atoms with E-state index in [9.17, 15) is 9.59 Å². The first-order chi connectivity index (χ1) is 8.20. The lowest BCUT2D eigenvalue weighted by molar-refractivity contribution is -0.153. The van der Waals surface area contributed by atoms with Crippen LogP contribution in [0.25, 0.3) is 0 Å². The third-order valence-electron chi connectivity index (χ3n) is 4.76. The largest absolute Gasteiger partial charge is 0.480 e. The molecule has 1 unspecified atom stereocenters. The van der Waals surface area contributed by atoms with Crippen molar-refractivity contribution in [1.29, 1.82) is 0 Å². The number of nitrogens with zero attached hydrogens (tertiary/aromatic N) is 1. The Morgan fingerprint density at radius 3 is 2.35 bits per heavy atom. The molecule has 0 aromatic rings. The number of hydrogen-bond donors (Lipinski definition) is 1. The van der Waals surface area contributed by atoms with Crippen LogP contribution in [0.15, 0.2) is 0 Å². The monoisotopic (exact) mass is 237 g/mol. The molecule has 4 heteroatoms. The van der Waals surface area contributed by atoms with Gasteiger partial charge in [0.25, 0.3) is 0 Å². The number of amides is 1. The molecule has 0 aromatic carbocycles. The summed E-state index contributed by atoms with van der Waals surface area (Å²) in [5.41, 5.74) is 0. The maximum absolute atomic E-state index is 12.4. The highest BCUT2D eigenvalue weighted by atomic mass is 16.4. The Balaban J connectivity index is 1.69. The fraction of sp³-hybridized carbons (Fsp3) is 0.846. The van der Waals surface area contributed by atoms with E-state index < -0.39 is 12.0 Å². The molecule has 0 spiro atoms. The lowest BCUT2D eigenvalue weighted by Gasteiger charge is -2.33. The molecule has 3 rings (SSSR count). The second-order valence-corrected chi connectivity index (χ2v) is 5.67. The Morgan fingerprint density at radius 1 is 1.00 bits per heavy atom. The number of hydrogen-bond acceptors (Lipinski definition) is 2. The van der Waals surface area contributed by atoms with E-state index in [0.717, 1.165) is 12.8 Å². The summed E-state index contributed by atoms with van der Waals surface area (Å²) in [6.07, 6.45) is 6.11. The average molecular weight is 237 g/mol. The standard InChI is InChI=1S/C13H19NO3/c15-12(11-8-4-3-5-9(8)11)14-7-2-1-6-10(14)13(16)17/h8-11H,1-7H2,(H,16,17)/t8-,9+,10-,11?/m0/s1. The number of piperidine rings is 1. The number of aliphatic carboxylic acids is 1. The van der Waals surface area contributed by atoms with Crippen LogP contribution in [0.3, 0.4) is 0 Å². The van der Waals surface area contributed by atoms with Crippen LogP contribution in [0, 0.1) is 17.8 Å². The van der Waals surface area contributed by atoms with Gasteiger partial charge in [-0.3, -0.25) is 4.79 Å². The number of carbonyl (C=O) groups excluding carboxylic acids is 1. The van der Waals surface area contributed by atoms with E-state index in [1.54, 1.807) is 4.90 Å². The molecule has 1 saturated heterocycles. The van der Waals surface area contributed by atoms with Crippen LogP contribution in [0.4, 0.5) is 0 Å². The molecule has 17 heavy (non-hydrogen) atoms. The van der Waals surface area contributed by atoms with Gasteiger partial charge in [-0.05, 0) is 43.9 Å². The molecule has 3 aliphatic rings. The van der Waals surface area contributed by atoms with Crippen molar-refractivity contribution < 1.29 is 14.7 Å². The maximum atomic E-state index is 12.4. The van der Waals surface area contributed by atoms with Crippen molar-refractivity contribution >= 4 is 11.9 Å². The molecule has 0 bridgehead atoms. The van der Waals surface area contributed by atoms with Crippen molar-refractivity contribution in [2.75, 3.05) is 6.54 Å². The SMILES string of the molecule is O=C(O)[C@@H]1CCCCN1C(=O)C1[C@H]2CCC[C@@H]12. The topological polar surface area (TPSA) is 57.6 Å². The van der Waals surface area contributed by atoms with E-state index in [1.165, 1.54) is 19.3 Å². The van der Waals surface area contributed by atoms with Crippen molar-refractivity contribution in [2.24, 2.45) is 17.8 Å². The number of fused-ring (bicyclic) bond motifs is 1. The minimum Gasteiger partial charge on any atom is -0.480 e. The number of carboxylic acids is 1. The normalized spacial score (nSPS) is 39.9. The molecule has 0 aromatic heterocycles. The fourth-order valence-corrected chi connectivity index (χ4v) is 3.83. The van der Waals surface area contributed by atoms with Crippen LogP contribution >= 0.6 is 0 Å². The Bertz CT molecular complexity index is 345. The van der Waals surface area contributed by atoms with Crippen LogP contribution < -0.4 is 0 Å². The van der Waals surface area contributed by atoms with Crippen molar-refractivity contribution in [1.82, 2.24) is 4.90 Å². The van der Waals surface area contributed by atoms with E-state index in [2.05, 4.69) is 0 Å². The van der Waals surface area contributed by atoms with Gasteiger partial charge in [-0.25, -0.2) is 4.79 Å². The molecule has 4 nitrogen and oxygen atoms in total. The molecule has 2 saturated carbocycles. The molecular formula is C13H19NO3. The maximum Gasteiger partial charge on any atom is 0.326 e. The van der Waals surface area contributed by atoms with Gasteiger partial charge in [0.15, 0.2) is 0 Å². The molecule has 94 valence electrons. The van der Waals surface area contributed by atoms with Gasteiger partial charge in [0.05, 0.1) is 0 Å². The van der Waals surface area contributed by atoms with Crippen molar-refractivity contribution in [3.63, 3.8) is 0 Å². The number of carboxylic acid groups (broad SMARTS) is 1. The predicted octanol–water partition coefficient (Wildman–Crippen LogP) is 1.50. The van der Waals surface area contributed by atoms with Crippen LogP contribution in [0.5, 0.6) is 0 Å². The Kier molecular flexibility index (Phi) is 2.60. The number of rotatable bonds is 2. The average Bonchev–Trinajstić information content (AvgIpc) is 2.81. The van der Waals surface area contributed by atoms with Crippen molar-refractivity contribution in [2.45, 2.75) is 44.6 Å². The lowest BCUT2D eigenvalue weighted by atomic mass is 10.0. The summed E-state index contributed by atoms with van der Waals surface area (Å²) >= 11 is 0. The lowest BCUT2D eigenvalue weighted by Crippen LogP contribution is -2.49. The van der Waals surface area contributed by atoms with Gasteiger partial charge >= 0.3 is 5.97 Å². The van der Waals surface area contributed by atoms with E-state index in [0.29, 0.717) is 24.8 Å².